The minimum absolute atomic E-state index is 0.162. The van der Waals surface area contributed by atoms with Gasteiger partial charge in [-0.3, -0.25) is 0 Å². The quantitative estimate of drug-likeness (QED) is 0.685. The molecule has 0 aliphatic rings. The van der Waals surface area contributed by atoms with Crippen LogP contribution in [0.15, 0.2) is 24.7 Å². The molecule has 0 atom stereocenters. The van der Waals surface area contributed by atoms with Gasteiger partial charge in [-0.15, -0.1) is 0 Å². The molecule has 62 valence electrons. The first-order chi connectivity index (χ1) is 5.81. The van der Waals surface area contributed by atoms with Crippen molar-refractivity contribution >= 4 is 5.65 Å². The predicted octanol–water partition coefficient (Wildman–Crippen LogP) is 0.966. The Hall–Kier alpha value is -1.42. The van der Waals surface area contributed by atoms with Crippen LogP contribution in [0.4, 0.5) is 4.39 Å². The highest BCUT2D eigenvalue weighted by molar-refractivity contribution is 5.41. The number of hydrogen-bond acceptors (Lipinski definition) is 2. The minimum Gasteiger partial charge on any atom is -0.392 e. The first kappa shape index (κ1) is 7.24. The van der Waals surface area contributed by atoms with Crippen LogP contribution < -0.4 is 0 Å². The van der Waals surface area contributed by atoms with Gasteiger partial charge < -0.3 is 9.51 Å². The van der Waals surface area contributed by atoms with Crippen molar-refractivity contribution in [2.24, 2.45) is 0 Å². The van der Waals surface area contributed by atoms with E-state index in [1.807, 2.05) is 0 Å². The lowest BCUT2D eigenvalue weighted by molar-refractivity contribution is 0.280. The number of aliphatic hydroxyl groups is 1. The highest BCUT2D eigenvalue weighted by atomic mass is 19.1. The van der Waals surface area contributed by atoms with Gasteiger partial charge in [0.15, 0.2) is 11.5 Å². The maximum atomic E-state index is 13.1. The van der Waals surface area contributed by atoms with Crippen molar-refractivity contribution in [3.63, 3.8) is 0 Å². The van der Waals surface area contributed by atoms with Crippen LogP contribution in [0.25, 0.3) is 5.65 Å². The number of aromatic nitrogens is 2. The van der Waals surface area contributed by atoms with Gasteiger partial charge in [-0.2, -0.15) is 0 Å². The van der Waals surface area contributed by atoms with Gasteiger partial charge >= 0.3 is 0 Å². The Morgan fingerprint density at radius 2 is 2.42 bits per heavy atom. The average molecular weight is 166 g/mol. The van der Waals surface area contributed by atoms with Crippen molar-refractivity contribution < 1.29 is 9.50 Å². The topological polar surface area (TPSA) is 37.5 Å². The Morgan fingerprint density at radius 3 is 3.17 bits per heavy atom. The third-order valence-corrected chi connectivity index (χ3v) is 1.68. The number of hydrogen-bond donors (Lipinski definition) is 1. The molecule has 0 aliphatic heterocycles. The van der Waals surface area contributed by atoms with Crippen LogP contribution in [0, 0.1) is 5.82 Å². The van der Waals surface area contributed by atoms with Crippen molar-refractivity contribution in [2.45, 2.75) is 6.61 Å². The summed E-state index contributed by atoms with van der Waals surface area (Å²) in [4.78, 5) is 3.80. The van der Waals surface area contributed by atoms with Crippen molar-refractivity contribution in [3.8, 4) is 0 Å². The van der Waals surface area contributed by atoms with Gasteiger partial charge in [-0.1, -0.05) is 0 Å². The molecule has 0 spiro atoms. The molecule has 2 rings (SSSR count). The van der Waals surface area contributed by atoms with E-state index in [1.165, 1.54) is 12.3 Å². The number of nitrogens with zero attached hydrogens (tertiary/aromatic N) is 2. The maximum absolute atomic E-state index is 13.1. The Balaban J connectivity index is 2.75. The van der Waals surface area contributed by atoms with Crippen LogP contribution in [0.2, 0.25) is 0 Å². The van der Waals surface area contributed by atoms with Gasteiger partial charge in [-0.25, -0.2) is 9.37 Å². The highest BCUT2D eigenvalue weighted by Crippen LogP contribution is 2.09. The summed E-state index contributed by atoms with van der Waals surface area (Å²) in [6.45, 7) is -0.162. The number of aliphatic hydroxyl groups excluding tert-OH is 1. The Labute approximate surface area is 68.1 Å². The lowest BCUT2D eigenvalue weighted by Crippen LogP contribution is -1.93. The second-order valence-electron chi connectivity index (χ2n) is 2.51. The molecule has 0 saturated heterocycles. The average Bonchev–Trinajstić information content (AvgIpc) is 2.52. The van der Waals surface area contributed by atoms with Gasteiger partial charge in [0.2, 0.25) is 0 Å². The van der Waals surface area contributed by atoms with Gasteiger partial charge in [0, 0.05) is 18.6 Å². The zero-order valence-corrected chi connectivity index (χ0v) is 6.24. The zero-order chi connectivity index (χ0) is 8.55. The molecule has 4 heteroatoms. The van der Waals surface area contributed by atoms with Gasteiger partial charge in [0.05, 0.1) is 6.61 Å². The fourth-order valence-electron chi connectivity index (χ4n) is 1.13. The molecule has 0 fully saturated rings. The summed E-state index contributed by atoms with van der Waals surface area (Å²) < 4.78 is 14.6. The number of halogens is 1. The first-order valence-electron chi connectivity index (χ1n) is 3.53. The summed E-state index contributed by atoms with van der Waals surface area (Å²) in [5, 5.41) is 8.76. The second-order valence-corrected chi connectivity index (χ2v) is 2.51. The van der Waals surface area contributed by atoms with E-state index in [-0.39, 0.29) is 12.3 Å². The lowest BCUT2D eigenvalue weighted by atomic mass is 10.3. The molecule has 0 aliphatic carbocycles. The standard InChI is InChI=1S/C8H7FN2O/c9-7-3-6(5-12)4-11-2-1-10-8(7)11/h1-4,12H,5H2. The summed E-state index contributed by atoms with van der Waals surface area (Å²) >= 11 is 0. The molecule has 0 radical (unpaired) electrons. The fraction of sp³-hybridized carbons (Fsp3) is 0.125. The maximum Gasteiger partial charge on any atom is 0.173 e. The molecule has 0 unspecified atom stereocenters. The summed E-state index contributed by atoms with van der Waals surface area (Å²) in [6, 6.07) is 1.28. The molecule has 1 N–H and O–H groups in total. The van der Waals surface area contributed by atoms with Crippen LogP contribution in [-0.4, -0.2) is 14.5 Å². The van der Waals surface area contributed by atoms with E-state index in [4.69, 9.17) is 5.11 Å². The highest BCUT2D eigenvalue weighted by Gasteiger charge is 2.03. The van der Waals surface area contributed by atoms with Gasteiger partial charge in [-0.05, 0) is 11.6 Å². The number of fused-ring (bicyclic) bond motifs is 1. The molecule has 0 amide bonds. The molecule has 3 nitrogen and oxygen atoms in total. The van der Waals surface area contributed by atoms with Crippen molar-refractivity contribution in [3.05, 3.63) is 36.0 Å². The first-order valence-corrected chi connectivity index (χ1v) is 3.53. The van der Waals surface area contributed by atoms with Crippen LogP contribution in [-0.2, 0) is 6.61 Å². The van der Waals surface area contributed by atoms with Crippen molar-refractivity contribution in [1.82, 2.24) is 9.38 Å². The van der Waals surface area contributed by atoms with Crippen molar-refractivity contribution in [1.29, 1.82) is 0 Å². The monoisotopic (exact) mass is 166 g/mol. The number of rotatable bonds is 1. The molecule has 2 heterocycles. The molecule has 2 aromatic heterocycles. The smallest absolute Gasteiger partial charge is 0.173 e. The predicted molar refractivity (Wildman–Crippen MR) is 41.1 cm³/mol. The van der Waals surface area contributed by atoms with E-state index in [9.17, 15) is 4.39 Å². The normalized spacial score (nSPS) is 10.8. The Kier molecular flexibility index (Phi) is 1.55. The number of imidazole rings is 1. The third-order valence-electron chi connectivity index (χ3n) is 1.68. The van der Waals surface area contributed by atoms with Crippen LogP contribution in [0.1, 0.15) is 5.56 Å². The molecule has 0 aromatic carbocycles. The van der Waals surface area contributed by atoms with E-state index in [2.05, 4.69) is 4.98 Å². The van der Waals surface area contributed by atoms with Crippen LogP contribution >= 0.6 is 0 Å². The Bertz CT molecular complexity index is 410. The second kappa shape index (κ2) is 2.57. The van der Waals surface area contributed by atoms with Gasteiger partial charge in [0.25, 0.3) is 0 Å². The summed E-state index contributed by atoms with van der Waals surface area (Å²) in [5.41, 5.74) is 0.824. The van der Waals surface area contributed by atoms with E-state index in [1.54, 1.807) is 16.8 Å². The molecule has 0 bridgehead atoms. The van der Waals surface area contributed by atoms with Crippen molar-refractivity contribution in [2.75, 3.05) is 0 Å². The summed E-state index contributed by atoms with van der Waals surface area (Å²) in [6.07, 6.45) is 4.79. The van der Waals surface area contributed by atoms with Crippen LogP contribution in [0.3, 0.4) is 0 Å². The largest absolute Gasteiger partial charge is 0.392 e. The summed E-state index contributed by atoms with van der Waals surface area (Å²) in [5.74, 6) is -0.411. The SMILES string of the molecule is OCc1cc(F)c2nccn2c1. The van der Waals surface area contributed by atoms with E-state index >= 15 is 0 Å². The van der Waals surface area contributed by atoms with Crippen LogP contribution in [0.5, 0.6) is 0 Å². The molecular weight excluding hydrogens is 159 g/mol. The molecule has 2 aromatic rings. The van der Waals surface area contributed by atoms with E-state index in [0.717, 1.165) is 0 Å². The molecule has 0 saturated carbocycles. The third kappa shape index (κ3) is 0.967. The summed E-state index contributed by atoms with van der Waals surface area (Å²) in [7, 11) is 0. The Morgan fingerprint density at radius 1 is 1.58 bits per heavy atom. The fourth-order valence-corrected chi connectivity index (χ4v) is 1.13. The molecular formula is C8H7FN2O. The zero-order valence-electron chi connectivity index (χ0n) is 6.24. The number of pyridine rings is 1. The van der Waals surface area contributed by atoms with Gasteiger partial charge in [0.1, 0.15) is 0 Å². The molecule has 12 heavy (non-hydrogen) atoms. The minimum atomic E-state index is -0.411. The van der Waals surface area contributed by atoms with E-state index < -0.39 is 5.82 Å². The van der Waals surface area contributed by atoms with E-state index in [0.29, 0.717) is 5.56 Å². The lowest BCUT2D eigenvalue weighted by Gasteiger charge is -1.98.